The Hall–Kier alpha value is -1.36. The molecule has 0 radical (unpaired) electrons. The first kappa shape index (κ1) is 11.7. The quantitative estimate of drug-likeness (QED) is 0.713. The van der Waals surface area contributed by atoms with Crippen LogP contribution in [-0.2, 0) is 0 Å². The molecule has 0 unspecified atom stereocenters. The van der Waals surface area contributed by atoms with Gasteiger partial charge in [0.2, 0.25) is 0 Å². The minimum atomic E-state index is -0.216. The van der Waals surface area contributed by atoms with E-state index < -0.39 is 0 Å². The summed E-state index contributed by atoms with van der Waals surface area (Å²) in [6.07, 6.45) is 3.72. The second-order valence-electron chi connectivity index (χ2n) is 3.37. The Labute approximate surface area is 88.7 Å². The highest BCUT2D eigenvalue weighted by molar-refractivity contribution is 5.42. The predicted octanol–water partition coefficient (Wildman–Crippen LogP) is 0.369. The molecule has 0 saturated heterocycles. The lowest BCUT2D eigenvalue weighted by atomic mass is 10.3. The van der Waals surface area contributed by atoms with Crippen LogP contribution in [0.2, 0.25) is 0 Å². The van der Waals surface area contributed by atoms with Crippen molar-refractivity contribution in [3.63, 3.8) is 0 Å². The summed E-state index contributed by atoms with van der Waals surface area (Å²) in [5.74, 6) is 0. The average molecular weight is 211 g/mol. The van der Waals surface area contributed by atoms with E-state index in [1.165, 1.54) is 6.07 Å². The molecule has 0 spiro atoms. The van der Waals surface area contributed by atoms with Gasteiger partial charge in [-0.25, -0.2) is 5.10 Å². The van der Waals surface area contributed by atoms with Crippen molar-refractivity contribution in [1.82, 2.24) is 10.2 Å². The van der Waals surface area contributed by atoms with Crippen LogP contribution in [0.4, 0.5) is 5.69 Å². The third-order valence-electron chi connectivity index (χ3n) is 2.17. The van der Waals surface area contributed by atoms with Crippen molar-refractivity contribution in [3.8, 4) is 0 Å². The van der Waals surface area contributed by atoms with Gasteiger partial charge in [0.15, 0.2) is 0 Å². The summed E-state index contributed by atoms with van der Waals surface area (Å²) in [4.78, 5) is 13.0. The maximum Gasteiger partial charge on any atom is 0.266 e. The molecule has 0 aliphatic heterocycles. The monoisotopic (exact) mass is 211 g/mol. The fourth-order valence-corrected chi connectivity index (χ4v) is 1.38. The molecule has 0 aliphatic rings. The lowest BCUT2D eigenvalue weighted by Gasteiger charge is -2.22. The molecule has 0 fully saturated rings. The van der Waals surface area contributed by atoms with Crippen LogP contribution < -0.4 is 10.5 Å². The Morgan fingerprint density at radius 3 is 2.93 bits per heavy atom. The molecule has 1 rings (SSSR count). The molecule has 0 atom stereocenters. The van der Waals surface area contributed by atoms with Gasteiger partial charge in [-0.15, -0.1) is 0 Å². The highest BCUT2D eigenvalue weighted by Gasteiger charge is 2.05. The summed E-state index contributed by atoms with van der Waals surface area (Å²) < 4.78 is 0. The van der Waals surface area contributed by atoms with E-state index in [9.17, 15) is 4.79 Å². The standard InChI is InChI=1S/C10H17N3O2/c1-2-3-4-13(5-6-14)9-7-10(15)12-11-8-9/h7-8,14H,2-6H2,1H3,(H,12,15). The lowest BCUT2D eigenvalue weighted by molar-refractivity contribution is 0.301. The molecule has 15 heavy (non-hydrogen) atoms. The molecule has 0 amide bonds. The molecule has 0 aromatic carbocycles. The van der Waals surface area contributed by atoms with Crippen molar-refractivity contribution in [1.29, 1.82) is 0 Å². The molecule has 1 aromatic heterocycles. The zero-order valence-corrected chi connectivity index (χ0v) is 8.94. The van der Waals surface area contributed by atoms with Gasteiger partial charge in [0.25, 0.3) is 5.56 Å². The minimum Gasteiger partial charge on any atom is -0.395 e. The van der Waals surface area contributed by atoms with Gasteiger partial charge in [-0.3, -0.25) is 4.79 Å². The number of nitrogens with one attached hydrogen (secondary N) is 1. The molecule has 2 N–H and O–H groups in total. The van der Waals surface area contributed by atoms with E-state index in [0.29, 0.717) is 6.54 Å². The Morgan fingerprint density at radius 1 is 1.53 bits per heavy atom. The summed E-state index contributed by atoms with van der Waals surface area (Å²) >= 11 is 0. The van der Waals surface area contributed by atoms with Crippen molar-refractivity contribution >= 4 is 5.69 Å². The number of aromatic amines is 1. The van der Waals surface area contributed by atoms with Crippen LogP contribution in [0.15, 0.2) is 17.1 Å². The number of aliphatic hydroxyl groups is 1. The average Bonchev–Trinajstić information content (AvgIpc) is 2.24. The normalized spacial score (nSPS) is 10.3. The van der Waals surface area contributed by atoms with E-state index >= 15 is 0 Å². The van der Waals surface area contributed by atoms with E-state index in [0.717, 1.165) is 25.1 Å². The second-order valence-corrected chi connectivity index (χ2v) is 3.37. The number of hydrogen-bond donors (Lipinski definition) is 2. The van der Waals surface area contributed by atoms with Gasteiger partial charge < -0.3 is 10.0 Å². The first-order chi connectivity index (χ1) is 7.27. The summed E-state index contributed by atoms with van der Waals surface area (Å²) in [7, 11) is 0. The van der Waals surface area contributed by atoms with Crippen LogP contribution in [-0.4, -0.2) is 35.0 Å². The molecule has 1 aromatic rings. The van der Waals surface area contributed by atoms with Crippen LogP contribution in [0.25, 0.3) is 0 Å². The van der Waals surface area contributed by atoms with E-state index in [4.69, 9.17) is 5.11 Å². The van der Waals surface area contributed by atoms with E-state index in [1.54, 1.807) is 6.20 Å². The number of aromatic nitrogens is 2. The maximum absolute atomic E-state index is 11.1. The highest BCUT2D eigenvalue weighted by Crippen LogP contribution is 2.09. The molecule has 0 saturated carbocycles. The van der Waals surface area contributed by atoms with Gasteiger partial charge in [-0.05, 0) is 6.42 Å². The van der Waals surface area contributed by atoms with E-state index in [-0.39, 0.29) is 12.2 Å². The molecule has 84 valence electrons. The lowest BCUT2D eigenvalue weighted by Crippen LogP contribution is -2.29. The molecule has 1 heterocycles. The van der Waals surface area contributed by atoms with E-state index in [1.807, 2.05) is 4.90 Å². The van der Waals surface area contributed by atoms with Crippen molar-refractivity contribution in [3.05, 3.63) is 22.6 Å². The van der Waals surface area contributed by atoms with Crippen LogP contribution in [0.5, 0.6) is 0 Å². The molecule has 0 aliphatic carbocycles. The Balaban J connectivity index is 2.73. The third-order valence-corrected chi connectivity index (χ3v) is 2.17. The Bertz CT molecular complexity index is 337. The number of hydrogen-bond acceptors (Lipinski definition) is 4. The van der Waals surface area contributed by atoms with Crippen LogP contribution in [0, 0.1) is 0 Å². The zero-order valence-electron chi connectivity index (χ0n) is 8.94. The minimum absolute atomic E-state index is 0.0799. The second kappa shape index (κ2) is 6.19. The van der Waals surface area contributed by atoms with Crippen LogP contribution in [0.3, 0.4) is 0 Å². The topological polar surface area (TPSA) is 69.2 Å². The highest BCUT2D eigenvalue weighted by atomic mass is 16.3. The van der Waals surface area contributed by atoms with Gasteiger partial charge in [-0.2, -0.15) is 5.10 Å². The number of H-pyrrole nitrogens is 1. The van der Waals surface area contributed by atoms with Gasteiger partial charge >= 0.3 is 0 Å². The van der Waals surface area contributed by atoms with Crippen LogP contribution in [0.1, 0.15) is 19.8 Å². The summed E-state index contributed by atoms with van der Waals surface area (Å²) in [5, 5.41) is 15.0. The first-order valence-electron chi connectivity index (χ1n) is 5.18. The fraction of sp³-hybridized carbons (Fsp3) is 0.600. The first-order valence-corrected chi connectivity index (χ1v) is 5.18. The largest absolute Gasteiger partial charge is 0.395 e. The SMILES string of the molecule is CCCCN(CCO)c1cn[nH]c(=O)c1. The number of nitrogens with zero attached hydrogens (tertiary/aromatic N) is 2. The van der Waals surface area contributed by atoms with Crippen LogP contribution >= 0.6 is 0 Å². The maximum atomic E-state index is 11.1. The number of rotatable bonds is 6. The Morgan fingerprint density at radius 2 is 2.33 bits per heavy atom. The van der Waals surface area contributed by atoms with Gasteiger partial charge in [0, 0.05) is 19.2 Å². The molecule has 5 nitrogen and oxygen atoms in total. The predicted molar refractivity (Wildman–Crippen MR) is 59.1 cm³/mol. The summed E-state index contributed by atoms with van der Waals surface area (Å²) in [6.45, 7) is 3.55. The summed E-state index contributed by atoms with van der Waals surface area (Å²) in [6, 6.07) is 1.50. The van der Waals surface area contributed by atoms with Gasteiger partial charge in [0.05, 0.1) is 18.5 Å². The number of anilines is 1. The molecular weight excluding hydrogens is 194 g/mol. The van der Waals surface area contributed by atoms with Gasteiger partial charge in [0.1, 0.15) is 0 Å². The van der Waals surface area contributed by atoms with Crippen molar-refractivity contribution in [2.45, 2.75) is 19.8 Å². The smallest absolute Gasteiger partial charge is 0.266 e. The third kappa shape index (κ3) is 3.71. The fourth-order valence-electron chi connectivity index (χ4n) is 1.38. The zero-order chi connectivity index (χ0) is 11.1. The molecular formula is C10H17N3O2. The van der Waals surface area contributed by atoms with E-state index in [2.05, 4.69) is 17.1 Å². The Kier molecular flexibility index (Phi) is 4.83. The molecule has 0 bridgehead atoms. The summed E-state index contributed by atoms with van der Waals surface area (Å²) in [5.41, 5.74) is 0.549. The van der Waals surface area contributed by atoms with Crippen molar-refractivity contribution in [2.75, 3.05) is 24.6 Å². The van der Waals surface area contributed by atoms with Crippen molar-refractivity contribution in [2.24, 2.45) is 0 Å². The van der Waals surface area contributed by atoms with Gasteiger partial charge in [-0.1, -0.05) is 13.3 Å². The molecule has 5 heteroatoms. The number of aliphatic hydroxyl groups excluding tert-OH is 1. The number of unbranched alkanes of at least 4 members (excludes halogenated alkanes) is 1. The van der Waals surface area contributed by atoms with Crippen molar-refractivity contribution < 1.29 is 5.11 Å².